The Kier molecular flexibility index (Phi) is 5.26. The molecule has 0 aliphatic carbocycles. The van der Waals surface area contributed by atoms with Crippen LogP contribution in [0.3, 0.4) is 0 Å². The van der Waals surface area contributed by atoms with E-state index in [1.165, 1.54) is 0 Å². The van der Waals surface area contributed by atoms with Gasteiger partial charge in [0.25, 0.3) is 0 Å². The largest absolute Gasteiger partial charge is 0.478 e. The highest BCUT2D eigenvalue weighted by Crippen LogP contribution is 2.19. The van der Waals surface area contributed by atoms with Gasteiger partial charge in [0.15, 0.2) is 0 Å². The quantitative estimate of drug-likeness (QED) is 0.817. The van der Waals surface area contributed by atoms with Crippen LogP contribution in [0.4, 0.5) is 5.82 Å². The van der Waals surface area contributed by atoms with Gasteiger partial charge in [-0.05, 0) is 24.3 Å². The standard InChI is InChI=1S/C14H24N2O/c1-5-10-15-12-7-6-8-13(16-12)17-11-9-14(2,3)4/h6-8H,5,9-11H2,1-4H3,(H,15,16). The van der Waals surface area contributed by atoms with Gasteiger partial charge in [-0.25, -0.2) is 0 Å². The molecule has 0 saturated heterocycles. The van der Waals surface area contributed by atoms with Gasteiger partial charge in [-0.1, -0.05) is 33.8 Å². The predicted molar refractivity (Wildman–Crippen MR) is 72.6 cm³/mol. The van der Waals surface area contributed by atoms with Crippen molar-refractivity contribution in [2.45, 2.75) is 40.5 Å². The summed E-state index contributed by atoms with van der Waals surface area (Å²) in [7, 11) is 0. The number of ether oxygens (including phenoxy) is 1. The lowest BCUT2D eigenvalue weighted by atomic mass is 9.93. The van der Waals surface area contributed by atoms with Crippen LogP contribution in [0.15, 0.2) is 18.2 Å². The summed E-state index contributed by atoms with van der Waals surface area (Å²) in [6, 6.07) is 5.84. The monoisotopic (exact) mass is 236 g/mol. The van der Waals surface area contributed by atoms with Crippen LogP contribution in [-0.4, -0.2) is 18.1 Å². The fourth-order valence-corrected chi connectivity index (χ4v) is 1.31. The van der Waals surface area contributed by atoms with Crippen LogP contribution in [-0.2, 0) is 0 Å². The van der Waals surface area contributed by atoms with Gasteiger partial charge in [-0.2, -0.15) is 4.98 Å². The Hall–Kier alpha value is -1.25. The summed E-state index contributed by atoms with van der Waals surface area (Å²) in [5, 5.41) is 3.25. The number of hydrogen-bond donors (Lipinski definition) is 1. The van der Waals surface area contributed by atoms with Crippen molar-refractivity contribution in [3.63, 3.8) is 0 Å². The zero-order chi connectivity index (χ0) is 12.7. The van der Waals surface area contributed by atoms with E-state index in [4.69, 9.17) is 4.74 Å². The van der Waals surface area contributed by atoms with E-state index in [-0.39, 0.29) is 0 Å². The molecule has 3 heteroatoms. The molecule has 0 radical (unpaired) electrons. The number of rotatable bonds is 6. The van der Waals surface area contributed by atoms with Crippen molar-refractivity contribution < 1.29 is 4.74 Å². The van der Waals surface area contributed by atoms with Gasteiger partial charge in [0.05, 0.1) is 6.61 Å². The van der Waals surface area contributed by atoms with Gasteiger partial charge in [0.2, 0.25) is 5.88 Å². The third-order valence-corrected chi connectivity index (χ3v) is 2.38. The molecule has 96 valence electrons. The van der Waals surface area contributed by atoms with Crippen molar-refractivity contribution in [1.82, 2.24) is 4.98 Å². The van der Waals surface area contributed by atoms with E-state index in [0.29, 0.717) is 17.9 Å². The molecule has 0 spiro atoms. The molecule has 3 nitrogen and oxygen atoms in total. The van der Waals surface area contributed by atoms with E-state index in [0.717, 1.165) is 25.2 Å². The normalized spacial score (nSPS) is 11.3. The van der Waals surface area contributed by atoms with Crippen molar-refractivity contribution in [1.29, 1.82) is 0 Å². The molecule has 0 aromatic carbocycles. The van der Waals surface area contributed by atoms with E-state index in [2.05, 4.69) is 38.0 Å². The van der Waals surface area contributed by atoms with Crippen LogP contribution in [0.2, 0.25) is 0 Å². The molecule has 0 aliphatic heterocycles. The van der Waals surface area contributed by atoms with Crippen LogP contribution >= 0.6 is 0 Å². The van der Waals surface area contributed by atoms with Crippen LogP contribution in [0, 0.1) is 5.41 Å². The molecule has 1 rings (SSSR count). The summed E-state index contributed by atoms with van der Waals surface area (Å²) in [5.74, 6) is 1.59. The van der Waals surface area contributed by atoms with Gasteiger partial charge in [-0.3, -0.25) is 0 Å². The highest BCUT2D eigenvalue weighted by molar-refractivity contribution is 5.36. The zero-order valence-corrected chi connectivity index (χ0v) is 11.4. The minimum Gasteiger partial charge on any atom is -0.478 e. The van der Waals surface area contributed by atoms with Gasteiger partial charge in [0, 0.05) is 12.6 Å². The zero-order valence-electron chi connectivity index (χ0n) is 11.4. The molecule has 0 fully saturated rings. The van der Waals surface area contributed by atoms with Crippen molar-refractivity contribution in [3.8, 4) is 5.88 Å². The molecule has 0 saturated carbocycles. The summed E-state index contributed by atoms with van der Waals surface area (Å²) in [6.07, 6.45) is 2.12. The minimum atomic E-state index is 0.304. The highest BCUT2D eigenvalue weighted by Gasteiger charge is 2.10. The lowest BCUT2D eigenvalue weighted by Gasteiger charge is -2.17. The number of pyridine rings is 1. The lowest BCUT2D eigenvalue weighted by Crippen LogP contribution is -2.11. The van der Waals surface area contributed by atoms with E-state index in [1.54, 1.807) is 0 Å². The Bertz CT molecular complexity index is 331. The van der Waals surface area contributed by atoms with Crippen LogP contribution in [0.5, 0.6) is 5.88 Å². The topological polar surface area (TPSA) is 34.1 Å². The summed E-state index contributed by atoms with van der Waals surface area (Å²) in [4.78, 5) is 4.40. The molecular formula is C14H24N2O. The first-order valence-corrected chi connectivity index (χ1v) is 6.35. The van der Waals surface area contributed by atoms with Gasteiger partial charge in [0.1, 0.15) is 5.82 Å². The van der Waals surface area contributed by atoms with Gasteiger partial charge >= 0.3 is 0 Å². The molecule has 0 amide bonds. The van der Waals surface area contributed by atoms with E-state index < -0.39 is 0 Å². The van der Waals surface area contributed by atoms with E-state index in [9.17, 15) is 0 Å². The van der Waals surface area contributed by atoms with Crippen LogP contribution < -0.4 is 10.1 Å². The maximum Gasteiger partial charge on any atom is 0.215 e. The minimum absolute atomic E-state index is 0.304. The molecule has 17 heavy (non-hydrogen) atoms. The summed E-state index contributed by atoms with van der Waals surface area (Å²) < 4.78 is 5.65. The first-order chi connectivity index (χ1) is 8.01. The maximum atomic E-state index is 5.65. The first-order valence-electron chi connectivity index (χ1n) is 6.35. The number of hydrogen-bond acceptors (Lipinski definition) is 3. The third-order valence-electron chi connectivity index (χ3n) is 2.38. The Morgan fingerprint density at radius 2 is 2.06 bits per heavy atom. The average molecular weight is 236 g/mol. The Morgan fingerprint density at radius 1 is 1.29 bits per heavy atom. The van der Waals surface area contributed by atoms with Crippen LogP contribution in [0.25, 0.3) is 0 Å². The Morgan fingerprint density at radius 3 is 2.71 bits per heavy atom. The molecule has 0 atom stereocenters. The number of anilines is 1. The molecular weight excluding hydrogens is 212 g/mol. The second-order valence-electron chi connectivity index (χ2n) is 5.45. The molecule has 1 aromatic rings. The summed E-state index contributed by atoms with van der Waals surface area (Å²) in [5.41, 5.74) is 0.304. The molecule has 0 bridgehead atoms. The van der Waals surface area contributed by atoms with Crippen molar-refractivity contribution in [2.24, 2.45) is 5.41 Å². The average Bonchev–Trinajstić information content (AvgIpc) is 2.25. The van der Waals surface area contributed by atoms with Crippen LogP contribution in [0.1, 0.15) is 40.5 Å². The highest BCUT2D eigenvalue weighted by atomic mass is 16.5. The Labute approximate surface area is 105 Å². The smallest absolute Gasteiger partial charge is 0.215 e. The molecule has 1 heterocycles. The number of nitrogens with one attached hydrogen (secondary N) is 1. The maximum absolute atomic E-state index is 5.65. The second kappa shape index (κ2) is 6.48. The van der Waals surface area contributed by atoms with E-state index in [1.807, 2.05) is 18.2 Å². The molecule has 1 aromatic heterocycles. The van der Waals surface area contributed by atoms with Gasteiger partial charge in [-0.15, -0.1) is 0 Å². The Balaban J connectivity index is 2.43. The fourth-order valence-electron chi connectivity index (χ4n) is 1.31. The molecule has 0 unspecified atom stereocenters. The second-order valence-corrected chi connectivity index (χ2v) is 5.45. The predicted octanol–water partition coefficient (Wildman–Crippen LogP) is 3.72. The first kappa shape index (κ1) is 13.8. The lowest BCUT2D eigenvalue weighted by molar-refractivity contribution is 0.236. The van der Waals surface area contributed by atoms with Crippen molar-refractivity contribution in [2.75, 3.05) is 18.5 Å². The third kappa shape index (κ3) is 6.15. The summed E-state index contributed by atoms with van der Waals surface area (Å²) >= 11 is 0. The SMILES string of the molecule is CCCNc1cccc(OCCC(C)(C)C)n1. The summed E-state index contributed by atoms with van der Waals surface area (Å²) in [6.45, 7) is 10.4. The van der Waals surface area contributed by atoms with E-state index >= 15 is 0 Å². The number of aromatic nitrogens is 1. The molecule has 0 aliphatic rings. The number of nitrogens with zero attached hydrogens (tertiary/aromatic N) is 1. The molecule has 1 N–H and O–H groups in total. The van der Waals surface area contributed by atoms with Crippen molar-refractivity contribution >= 4 is 5.82 Å². The fraction of sp³-hybridized carbons (Fsp3) is 0.643. The van der Waals surface area contributed by atoms with Crippen molar-refractivity contribution in [3.05, 3.63) is 18.2 Å². The van der Waals surface area contributed by atoms with Gasteiger partial charge < -0.3 is 10.1 Å².